The van der Waals surface area contributed by atoms with Crippen molar-refractivity contribution in [3.05, 3.63) is 51.8 Å². The van der Waals surface area contributed by atoms with Crippen molar-refractivity contribution in [2.24, 2.45) is 0 Å². The first-order chi connectivity index (χ1) is 9.58. The van der Waals surface area contributed by atoms with Gasteiger partial charge in [-0.2, -0.15) is 5.10 Å². The summed E-state index contributed by atoms with van der Waals surface area (Å²) in [7, 11) is 0. The second-order valence-electron chi connectivity index (χ2n) is 5.70. The lowest BCUT2D eigenvalue weighted by Gasteiger charge is -2.17. The van der Waals surface area contributed by atoms with Gasteiger partial charge in [0.25, 0.3) is 0 Å². The molecular formula is C16H19ClN2O. The second-order valence-corrected chi connectivity index (χ2v) is 6.11. The fraction of sp³-hybridized carbons (Fsp3) is 0.438. The van der Waals surface area contributed by atoms with E-state index >= 15 is 0 Å². The van der Waals surface area contributed by atoms with E-state index < -0.39 is 6.10 Å². The van der Waals surface area contributed by atoms with E-state index in [2.05, 4.69) is 17.2 Å². The lowest BCUT2D eigenvalue weighted by molar-refractivity contribution is 0.205. The van der Waals surface area contributed by atoms with E-state index in [-0.39, 0.29) is 6.04 Å². The Morgan fingerprint density at radius 1 is 1.25 bits per heavy atom. The summed E-state index contributed by atoms with van der Waals surface area (Å²) >= 11 is 6.21. The molecular weight excluding hydrogens is 272 g/mol. The van der Waals surface area contributed by atoms with Gasteiger partial charge in [0.15, 0.2) is 0 Å². The average molecular weight is 291 g/mol. The topological polar surface area (TPSA) is 38.0 Å². The molecule has 0 fully saturated rings. The van der Waals surface area contributed by atoms with Crippen LogP contribution in [0.25, 0.3) is 0 Å². The van der Waals surface area contributed by atoms with E-state index in [1.165, 1.54) is 17.5 Å². The maximum absolute atomic E-state index is 10.7. The predicted molar refractivity (Wildman–Crippen MR) is 80.2 cm³/mol. The Morgan fingerprint density at radius 3 is 2.75 bits per heavy atom. The van der Waals surface area contributed by atoms with Gasteiger partial charge in [-0.1, -0.05) is 29.8 Å². The molecule has 0 radical (unpaired) electrons. The van der Waals surface area contributed by atoms with Gasteiger partial charge in [-0.25, -0.2) is 0 Å². The van der Waals surface area contributed by atoms with E-state index in [0.717, 1.165) is 18.4 Å². The van der Waals surface area contributed by atoms with Crippen molar-refractivity contribution in [1.29, 1.82) is 0 Å². The van der Waals surface area contributed by atoms with E-state index in [1.54, 1.807) is 10.9 Å². The summed E-state index contributed by atoms with van der Waals surface area (Å²) in [4.78, 5) is 0. The van der Waals surface area contributed by atoms with Crippen LogP contribution in [0, 0.1) is 0 Å². The van der Waals surface area contributed by atoms with Crippen molar-refractivity contribution >= 4 is 11.6 Å². The third-order valence-electron chi connectivity index (χ3n) is 3.97. The lowest BCUT2D eigenvalue weighted by Crippen LogP contribution is -2.12. The highest BCUT2D eigenvalue weighted by atomic mass is 35.5. The number of nitrogens with zero attached hydrogens (tertiary/aromatic N) is 2. The van der Waals surface area contributed by atoms with Gasteiger partial charge in [0, 0.05) is 6.04 Å². The van der Waals surface area contributed by atoms with Crippen molar-refractivity contribution in [2.75, 3.05) is 0 Å². The van der Waals surface area contributed by atoms with E-state index in [1.807, 2.05) is 19.9 Å². The fourth-order valence-electron chi connectivity index (χ4n) is 2.94. The monoisotopic (exact) mass is 290 g/mol. The maximum Gasteiger partial charge on any atom is 0.122 e. The first-order valence-corrected chi connectivity index (χ1v) is 7.48. The Bertz CT molecular complexity index is 633. The molecule has 0 saturated carbocycles. The number of benzene rings is 1. The number of rotatable bonds is 3. The number of aliphatic hydroxyl groups is 1. The van der Waals surface area contributed by atoms with Crippen molar-refractivity contribution in [1.82, 2.24) is 9.78 Å². The minimum absolute atomic E-state index is 0.168. The Hall–Kier alpha value is -1.32. The molecule has 1 unspecified atom stereocenters. The molecule has 0 bridgehead atoms. The molecule has 0 aliphatic heterocycles. The summed E-state index contributed by atoms with van der Waals surface area (Å²) < 4.78 is 1.79. The Labute approximate surface area is 124 Å². The van der Waals surface area contributed by atoms with Gasteiger partial charge in [-0.05, 0) is 49.8 Å². The molecule has 1 N–H and O–H groups in total. The van der Waals surface area contributed by atoms with Gasteiger partial charge < -0.3 is 5.11 Å². The summed E-state index contributed by atoms with van der Waals surface area (Å²) in [5.41, 5.74) is 4.34. The van der Waals surface area contributed by atoms with Crippen LogP contribution in [0.5, 0.6) is 0 Å². The summed E-state index contributed by atoms with van der Waals surface area (Å²) in [6.45, 7) is 4.06. The molecule has 0 amide bonds. The first kappa shape index (κ1) is 13.7. The minimum Gasteiger partial charge on any atom is -0.382 e. The third-order valence-corrected chi connectivity index (χ3v) is 4.26. The smallest absolute Gasteiger partial charge is 0.122 e. The normalized spacial score (nSPS) is 15.7. The standard InChI is InChI=1S/C16H19ClN2O/c1-10(2)19-15(14(17)9-18-19)16(20)13-7-6-11-4-3-5-12(11)8-13/h6-10,16,20H,3-5H2,1-2H3. The van der Waals surface area contributed by atoms with E-state index in [4.69, 9.17) is 11.6 Å². The lowest BCUT2D eigenvalue weighted by atomic mass is 10.0. The summed E-state index contributed by atoms with van der Waals surface area (Å²) in [5.74, 6) is 0. The molecule has 1 aromatic carbocycles. The Balaban J connectivity index is 2.00. The van der Waals surface area contributed by atoms with Crippen LogP contribution in [-0.4, -0.2) is 14.9 Å². The minimum atomic E-state index is -0.724. The Kier molecular flexibility index (Phi) is 3.57. The quantitative estimate of drug-likeness (QED) is 0.936. The molecule has 1 atom stereocenters. The van der Waals surface area contributed by atoms with E-state index in [9.17, 15) is 5.11 Å². The molecule has 0 spiro atoms. The van der Waals surface area contributed by atoms with Crippen LogP contribution >= 0.6 is 11.6 Å². The SMILES string of the molecule is CC(C)n1ncc(Cl)c1C(O)c1ccc2c(c1)CCC2. The maximum atomic E-state index is 10.7. The molecule has 1 aliphatic carbocycles. The molecule has 4 heteroatoms. The molecule has 2 aromatic rings. The van der Waals surface area contributed by atoms with Crippen LogP contribution in [0.4, 0.5) is 0 Å². The van der Waals surface area contributed by atoms with Crippen LogP contribution < -0.4 is 0 Å². The van der Waals surface area contributed by atoms with Crippen molar-refractivity contribution in [3.8, 4) is 0 Å². The zero-order valence-corrected chi connectivity index (χ0v) is 12.6. The highest BCUT2D eigenvalue weighted by Crippen LogP contribution is 2.32. The molecule has 3 rings (SSSR count). The molecule has 106 valence electrons. The van der Waals surface area contributed by atoms with Gasteiger partial charge in [-0.15, -0.1) is 0 Å². The van der Waals surface area contributed by atoms with Crippen molar-refractivity contribution in [3.63, 3.8) is 0 Å². The number of hydrogen-bond donors (Lipinski definition) is 1. The summed E-state index contributed by atoms with van der Waals surface area (Å²) in [6, 6.07) is 6.41. The number of aryl methyl sites for hydroxylation is 2. The van der Waals surface area contributed by atoms with Gasteiger partial charge in [-0.3, -0.25) is 4.68 Å². The summed E-state index contributed by atoms with van der Waals surface area (Å²) in [6.07, 6.45) is 4.34. The predicted octanol–water partition coefficient (Wildman–Crippen LogP) is 3.69. The highest BCUT2D eigenvalue weighted by molar-refractivity contribution is 6.31. The molecule has 1 aliphatic rings. The zero-order chi connectivity index (χ0) is 14.3. The largest absolute Gasteiger partial charge is 0.382 e. The van der Waals surface area contributed by atoms with Crippen LogP contribution in [-0.2, 0) is 12.8 Å². The first-order valence-electron chi connectivity index (χ1n) is 7.10. The second kappa shape index (κ2) is 5.23. The van der Waals surface area contributed by atoms with Gasteiger partial charge in [0.2, 0.25) is 0 Å². The molecule has 1 aromatic heterocycles. The number of aromatic nitrogens is 2. The van der Waals surface area contributed by atoms with Gasteiger partial charge >= 0.3 is 0 Å². The highest BCUT2D eigenvalue weighted by Gasteiger charge is 2.22. The molecule has 0 saturated heterocycles. The van der Waals surface area contributed by atoms with Crippen molar-refractivity contribution in [2.45, 2.75) is 45.3 Å². The van der Waals surface area contributed by atoms with Gasteiger partial charge in [0.1, 0.15) is 6.10 Å². The van der Waals surface area contributed by atoms with Crippen molar-refractivity contribution < 1.29 is 5.11 Å². The molecule has 1 heterocycles. The van der Waals surface area contributed by atoms with Crippen LogP contribution in [0.2, 0.25) is 5.02 Å². The number of hydrogen-bond acceptors (Lipinski definition) is 2. The molecule has 3 nitrogen and oxygen atoms in total. The number of halogens is 1. The van der Waals surface area contributed by atoms with Gasteiger partial charge in [0.05, 0.1) is 16.9 Å². The van der Waals surface area contributed by atoms with Crippen LogP contribution in [0.1, 0.15) is 54.8 Å². The third kappa shape index (κ3) is 2.25. The van der Waals surface area contributed by atoms with Crippen LogP contribution in [0.3, 0.4) is 0 Å². The van der Waals surface area contributed by atoms with E-state index in [0.29, 0.717) is 10.7 Å². The molecule has 20 heavy (non-hydrogen) atoms. The summed E-state index contributed by atoms with van der Waals surface area (Å²) in [5, 5.41) is 15.5. The number of aliphatic hydroxyl groups excluding tert-OH is 1. The Morgan fingerprint density at radius 2 is 2.00 bits per heavy atom. The average Bonchev–Trinajstić information content (AvgIpc) is 3.03. The fourth-order valence-corrected chi connectivity index (χ4v) is 3.17. The number of fused-ring (bicyclic) bond motifs is 1. The zero-order valence-electron chi connectivity index (χ0n) is 11.8. The van der Waals surface area contributed by atoms with Crippen LogP contribution in [0.15, 0.2) is 24.4 Å².